The SMILES string of the molecule is Brc1ccc2c(Br)nc(Br)cc2c1. The van der Waals surface area contributed by atoms with Crippen LogP contribution in [0.2, 0.25) is 0 Å². The van der Waals surface area contributed by atoms with Crippen molar-refractivity contribution in [2.45, 2.75) is 0 Å². The maximum Gasteiger partial charge on any atom is 0.115 e. The summed E-state index contributed by atoms with van der Waals surface area (Å²) in [5, 5.41) is 2.27. The second kappa shape index (κ2) is 3.67. The lowest BCUT2D eigenvalue weighted by Gasteiger charge is -2.01. The van der Waals surface area contributed by atoms with Gasteiger partial charge in [-0.3, -0.25) is 0 Å². The summed E-state index contributed by atoms with van der Waals surface area (Å²) >= 11 is 10.2. The van der Waals surface area contributed by atoms with E-state index in [-0.39, 0.29) is 0 Å². The van der Waals surface area contributed by atoms with Crippen LogP contribution in [0.5, 0.6) is 0 Å². The van der Waals surface area contributed by atoms with Crippen molar-refractivity contribution in [1.82, 2.24) is 4.98 Å². The molecule has 0 amide bonds. The van der Waals surface area contributed by atoms with Gasteiger partial charge in [0, 0.05) is 9.86 Å². The highest BCUT2D eigenvalue weighted by molar-refractivity contribution is 9.11. The molecule has 1 aromatic heterocycles. The number of rotatable bonds is 0. The molecule has 0 radical (unpaired) electrons. The third-order valence-corrected chi connectivity index (χ3v) is 3.22. The van der Waals surface area contributed by atoms with Gasteiger partial charge in [-0.15, -0.1) is 0 Å². The van der Waals surface area contributed by atoms with Crippen LogP contribution in [0.25, 0.3) is 10.8 Å². The molecule has 66 valence electrons. The van der Waals surface area contributed by atoms with E-state index in [2.05, 4.69) is 58.8 Å². The largest absolute Gasteiger partial charge is 0.233 e. The first-order valence-corrected chi connectivity index (χ1v) is 5.96. The number of nitrogens with zero attached hydrogens (tertiary/aromatic N) is 1. The Morgan fingerprint density at radius 2 is 1.77 bits per heavy atom. The minimum Gasteiger partial charge on any atom is -0.233 e. The van der Waals surface area contributed by atoms with Crippen LogP contribution in [-0.4, -0.2) is 4.98 Å². The Kier molecular flexibility index (Phi) is 2.72. The van der Waals surface area contributed by atoms with Gasteiger partial charge in [0.15, 0.2) is 0 Å². The van der Waals surface area contributed by atoms with E-state index in [4.69, 9.17) is 0 Å². The van der Waals surface area contributed by atoms with Gasteiger partial charge in [0.1, 0.15) is 9.21 Å². The van der Waals surface area contributed by atoms with Crippen molar-refractivity contribution in [3.63, 3.8) is 0 Å². The second-order valence-corrected chi connectivity index (χ2v) is 5.08. The molecule has 2 rings (SSSR count). The molecule has 0 unspecified atom stereocenters. The Morgan fingerprint density at radius 1 is 1.00 bits per heavy atom. The monoisotopic (exact) mass is 363 g/mol. The van der Waals surface area contributed by atoms with Crippen LogP contribution in [0.15, 0.2) is 37.9 Å². The normalized spacial score (nSPS) is 10.7. The Hall–Kier alpha value is 0.0700. The molecule has 0 aliphatic heterocycles. The van der Waals surface area contributed by atoms with E-state index in [0.717, 1.165) is 24.5 Å². The Balaban J connectivity index is 2.86. The Bertz CT molecular complexity index is 462. The van der Waals surface area contributed by atoms with Gasteiger partial charge in [0.25, 0.3) is 0 Å². The maximum absolute atomic E-state index is 4.25. The van der Waals surface area contributed by atoms with Gasteiger partial charge in [0.05, 0.1) is 0 Å². The topological polar surface area (TPSA) is 12.9 Å². The Morgan fingerprint density at radius 3 is 2.54 bits per heavy atom. The molecule has 0 saturated heterocycles. The molecule has 2 aromatic rings. The zero-order valence-corrected chi connectivity index (χ0v) is 11.1. The van der Waals surface area contributed by atoms with Gasteiger partial charge in [0.2, 0.25) is 0 Å². The summed E-state index contributed by atoms with van der Waals surface area (Å²) in [5.74, 6) is 0. The smallest absolute Gasteiger partial charge is 0.115 e. The van der Waals surface area contributed by atoms with E-state index in [9.17, 15) is 0 Å². The van der Waals surface area contributed by atoms with Gasteiger partial charge < -0.3 is 0 Å². The minimum absolute atomic E-state index is 0.838. The fourth-order valence-corrected chi connectivity index (χ4v) is 2.75. The molecule has 0 fully saturated rings. The van der Waals surface area contributed by atoms with E-state index >= 15 is 0 Å². The number of pyridine rings is 1. The highest BCUT2D eigenvalue weighted by Gasteiger charge is 2.01. The summed E-state index contributed by atoms with van der Waals surface area (Å²) in [5.41, 5.74) is 0. The maximum atomic E-state index is 4.25. The van der Waals surface area contributed by atoms with Crippen LogP contribution in [0.1, 0.15) is 0 Å². The molecule has 0 aliphatic rings. The van der Waals surface area contributed by atoms with Crippen LogP contribution in [0.3, 0.4) is 0 Å². The predicted molar refractivity (Wildman–Crippen MR) is 64.8 cm³/mol. The molecule has 13 heavy (non-hydrogen) atoms. The van der Waals surface area contributed by atoms with E-state index in [1.807, 2.05) is 18.2 Å². The van der Waals surface area contributed by atoms with Crippen LogP contribution in [0, 0.1) is 0 Å². The number of fused-ring (bicyclic) bond motifs is 1. The molecule has 4 heteroatoms. The summed E-state index contributed by atoms with van der Waals surface area (Å²) in [6, 6.07) is 8.09. The summed E-state index contributed by atoms with van der Waals surface area (Å²) in [6.45, 7) is 0. The first-order valence-electron chi connectivity index (χ1n) is 3.58. The van der Waals surface area contributed by atoms with Crippen molar-refractivity contribution < 1.29 is 0 Å². The molecule has 1 nitrogen and oxygen atoms in total. The van der Waals surface area contributed by atoms with Crippen molar-refractivity contribution in [2.24, 2.45) is 0 Å². The van der Waals surface area contributed by atoms with Crippen LogP contribution in [-0.2, 0) is 0 Å². The van der Waals surface area contributed by atoms with Crippen LogP contribution >= 0.6 is 47.8 Å². The minimum atomic E-state index is 0.838. The van der Waals surface area contributed by atoms with Crippen molar-refractivity contribution in [1.29, 1.82) is 0 Å². The van der Waals surface area contributed by atoms with Crippen molar-refractivity contribution in [2.75, 3.05) is 0 Å². The molecule has 0 atom stereocenters. The van der Waals surface area contributed by atoms with Gasteiger partial charge in [-0.05, 0) is 55.4 Å². The average Bonchev–Trinajstić information content (AvgIpc) is 2.02. The van der Waals surface area contributed by atoms with Crippen molar-refractivity contribution >= 4 is 58.6 Å². The molecule has 0 saturated carbocycles. The molecule has 1 heterocycles. The lowest BCUT2D eigenvalue weighted by atomic mass is 10.2. The number of hydrogen-bond acceptors (Lipinski definition) is 1. The third kappa shape index (κ3) is 1.95. The average molecular weight is 366 g/mol. The van der Waals surface area contributed by atoms with E-state index < -0.39 is 0 Å². The van der Waals surface area contributed by atoms with Crippen molar-refractivity contribution in [3.05, 3.63) is 37.9 Å². The fourth-order valence-electron chi connectivity index (χ4n) is 1.16. The molecule has 0 bridgehead atoms. The first kappa shape index (κ1) is 9.62. The summed E-state index contributed by atoms with van der Waals surface area (Å²) < 4.78 is 2.78. The lowest BCUT2D eigenvalue weighted by molar-refractivity contribution is 1.26. The van der Waals surface area contributed by atoms with E-state index in [1.165, 1.54) is 0 Å². The fraction of sp³-hybridized carbons (Fsp3) is 0. The number of halogens is 3. The van der Waals surface area contributed by atoms with E-state index in [1.54, 1.807) is 0 Å². The van der Waals surface area contributed by atoms with Crippen LogP contribution in [0.4, 0.5) is 0 Å². The van der Waals surface area contributed by atoms with Gasteiger partial charge in [-0.1, -0.05) is 22.0 Å². The molecular formula is C9H4Br3N. The van der Waals surface area contributed by atoms with Crippen LogP contribution < -0.4 is 0 Å². The first-order chi connectivity index (χ1) is 6.16. The third-order valence-electron chi connectivity index (χ3n) is 1.72. The summed E-state index contributed by atoms with van der Waals surface area (Å²) in [4.78, 5) is 4.25. The highest BCUT2D eigenvalue weighted by Crippen LogP contribution is 2.27. The number of aromatic nitrogens is 1. The molecule has 1 aromatic carbocycles. The quantitative estimate of drug-likeness (QED) is 0.625. The zero-order chi connectivity index (χ0) is 9.42. The second-order valence-electron chi connectivity index (χ2n) is 2.60. The Labute approximate surface area is 101 Å². The number of benzene rings is 1. The molecular weight excluding hydrogens is 362 g/mol. The molecule has 0 aliphatic carbocycles. The van der Waals surface area contributed by atoms with Gasteiger partial charge in [-0.25, -0.2) is 4.98 Å². The van der Waals surface area contributed by atoms with Gasteiger partial charge in [-0.2, -0.15) is 0 Å². The molecule has 0 spiro atoms. The van der Waals surface area contributed by atoms with Gasteiger partial charge >= 0.3 is 0 Å². The standard InChI is InChI=1S/C9H4Br3N/c10-6-1-2-7-5(3-6)4-8(11)13-9(7)12/h1-4H. The summed E-state index contributed by atoms with van der Waals surface area (Å²) in [6.07, 6.45) is 0. The van der Waals surface area contributed by atoms with Crippen molar-refractivity contribution in [3.8, 4) is 0 Å². The predicted octanol–water partition coefficient (Wildman–Crippen LogP) is 4.52. The lowest BCUT2D eigenvalue weighted by Crippen LogP contribution is -1.81. The summed E-state index contributed by atoms with van der Waals surface area (Å²) in [7, 11) is 0. The van der Waals surface area contributed by atoms with E-state index in [0.29, 0.717) is 0 Å². The zero-order valence-electron chi connectivity index (χ0n) is 6.39. The highest BCUT2D eigenvalue weighted by atomic mass is 79.9. The molecule has 0 N–H and O–H groups in total. The number of hydrogen-bond donors (Lipinski definition) is 0.